The summed E-state index contributed by atoms with van der Waals surface area (Å²) in [6.45, 7) is 3.91. The Kier molecular flexibility index (Phi) is 2.58. The Balaban J connectivity index is 2.35. The van der Waals surface area contributed by atoms with Crippen molar-refractivity contribution < 1.29 is 9.66 Å². The Hall–Kier alpha value is -1.58. The summed E-state index contributed by atoms with van der Waals surface area (Å²) in [5, 5.41) is 10.7. The molecule has 86 valence electrons. The van der Waals surface area contributed by atoms with Crippen molar-refractivity contribution in [2.45, 2.75) is 31.8 Å². The molecule has 0 radical (unpaired) electrons. The van der Waals surface area contributed by atoms with Gasteiger partial charge in [0.2, 0.25) is 6.54 Å². The number of hydrogen-bond donors (Lipinski definition) is 0. The molecule has 1 atom stereocenters. The number of nitro groups is 1. The van der Waals surface area contributed by atoms with Gasteiger partial charge in [-0.1, -0.05) is 18.2 Å². The first kappa shape index (κ1) is 10.9. The van der Waals surface area contributed by atoms with Gasteiger partial charge in [-0.25, -0.2) is 0 Å². The van der Waals surface area contributed by atoms with E-state index < -0.39 is 0 Å². The Morgan fingerprint density at radius 2 is 2.19 bits per heavy atom. The average molecular weight is 221 g/mol. The molecule has 0 unspecified atom stereocenters. The van der Waals surface area contributed by atoms with Crippen molar-refractivity contribution in [1.82, 2.24) is 0 Å². The third-order valence-corrected chi connectivity index (χ3v) is 2.85. The number of rotatable bonds is 2. The number of para-hydroxylation sites is 1. The molecule has 1 aromatic rings. The summed E-state index contributed by atoms with van der Waals surface area (Å²) in [7, 11) is 0. The van der Waals surface area contributed by atoms with E-state index >= 15 is 0 Å². The van der Waals surface area contributed by atoms with Gasteiger partial charge >= 0.3 is 0 Å². The third kappa shape index (κ3) is 2.15. The molecule has 0 saturated heterocycles. The molecule has 0 N–H and O–H groups in total. The quantitative estimate of drug-likeness (QED) is 0.569. The van der Waals surface area contributed by atoms with Crippen LogP contribution in [0.4, 0.5) is 0 Å². The number of ether oxygens (including phenoxy) is 1. The van der Waals surface area contributed by atoms with Gasteiger partial charge < -0.3 is 4.74 Å². The topological polar surface area (TPSA) is 52.4 Å². The zero-order chi connectivity index (χ0) is 11.8. The van der Waals surface area contributed by atoms with Crippen molar-refractivity contribution in [2.75, 3.05) is 6.54 Å². The van der Waals surface area contributed by atoms with E-state index in [1.807, 2.05) is 38.1 Å². The highest BCUT2D eigenvalue weighted by Gasteiger charge is 2.35. The van der Waals surface area contributed by atoms with Crippen LogP contribution in [0.3, 0.4) is 0 Å². The first-order valence-corrected chi connectivity index (χ1v) is 5.38. The lowest BCUT2D eigenvalue weighted by atomic mass is 9.84. The van der Waals surface area contributed by atoms with Gasteiger partial charge in [-0.2, -0.15) is 0 Å². The lowest BCUT2D eigenvalue weighted by molar-refractivity contribution is -0.484. The summed E-state index contributed by atoms with van der Waals surface area (Å²) >= 11 is 0. The van der Waals surface area contributed by atoms with E-state index in [0.29, 0.717) is 6.42 Å². The van der Waals surface area contributed by atoms with E-state index in [1.54, 1.807) is 0 Å². The molecule has 1 aliphatic rings. The molecule has 4 nitrogen and oxygen atoms in total. The largest absolute Gasteiger partial charge is 0.488 e. The van der Waals surface area contributed by atoms with Crippen LogP contribution in [0, 0.1) is 10.1 Å². The first-order valence-electron chi connectivity index (χ1n) is 5.38. The fourth-order valence-corrected chi connectivity index (χ4v) is 2.30. The second kappa shape index (κ2) is 3.77. The molecule has 2 rings (SSSR count). The van der Waals surface area contributed by atoms with Gasteiger partial charge in [-0.15, -0.1) is 0 Å². The molecule has 0 aromatic heterocycles. The Morgan fingerprint density at radius 3 is 2.88 bits per heavy atom. The SMILES string of the molecule is CC1(C)C[C@H](C[N+](=O)[O-])c2ccccc2O1. The van der Waals surface area contributed by atoms with Crippen molar-refractivity contribution in [3.8, 4) is 5.75 Å². The summed E-state index contributed by atoms with van der Waals surface area (Å²) in [5.74, 6) is 0.737. The molecular weight excluding hydrogens is 206 g/mol. The van der Waals surface area contributed by atoms with Crippen molar-refractivity contribution in [2.24, 2.45) is 0 Å². The van der Waals surface area contributed by atoms with Gasteiger partial charge in [0.05, 0.1) is 5.92 Å². The number of hydrogen-bond acceptors (Lipinski definition) is 3. The minimum atomic E-state index is -0.324. The Bertz CT molecular complexity index is 414. The molecule has 1 heterocycles. The normalized spacial score (nSPS) is 22.0. The second-order valence-electron chi connectivity index (χ2n) is 4.82. The molecule has 0 fully saturated rings. The highest BCUT2D eigenvalue weighted by Crippen LogP contribution is 2.40. The minimum Gasteiger partial charge on any atom is -0.488 e. The van der Waals surface area contributed by atoms with Crippen molar-refractivity contribution in [3.05, 3.63) is 39.9 Å². The van der Waals surface area contributed by atoms with E-state index in [1.165, 1.54) is 0 Å². The van der Waals surface area contributed by atoms with Gasteiger partial charge in [-0.05, 0) is 26.3 Å². The molecule has 0 aliphatic carbocycles. The van der Waals surface area contributed by atoms with Gasteiger partial charge in [0.1, 0.15) is 11.4 Å². The maximum Gasteiger partial charge on any atom is 0.210 e. The standard InChI is InChI=1S/C12H15NO3/c1-12(2)7-9(8-13(14)15)10-5-3-4-6-11(10)16-12/h3-6,9H,7-8H2,1-2H3/t9-/m1/s1. The molecule has 0 spiro atoms. The number of nitrogens with zero attached hydrogens (tertiary/aromatic N) is 1. The molecular formula is C12H15NO3. The van der Waals surface area contributed by atoms with Crippen LogP contribution in [0.15, 0.2) is 24.3 Å². The van der Waals surface area contributed by atoms with Crippen molar-refractivity contribution >= 4 is 0 Å². The smallest absolute Gasteiger partial charge is 0.210 e. The van der Waals surface area contributed by atoms with Crippen LogP contribution in [0.5, 0.6) is 5.75 Å². The van der Waals surface area contributed by atoms with Crippen LogP contribution < -0.4 is 4.74 Å². The van der Waals surface area contributed by atoms with Crippen LogP contribution in [-0.4, -0.2) is 17.1 Å². The summed E-state index contributed by atoms with van der Waals surface area (Å²) in [6, 6.07) is 7.58. The summed E-state index contributed by atoms with van der Waals surface area (Å²) in [4.78, 5) is 10.4. The van der Waals surface area contributed by atoms with Gasteiger partial charge in [0, 0.05) is 10.5 Å². The van der Waals surface area contributed by atoms with Crippen LogP contribution in [-0.2, 0) is 0 Å². The monoisotopic (exact) mass is 221 g/mol. The van der Waals surface area contributed by atoms with E-state index in [4.69, 9.17) is 4.74 Å². The summed E-state index contributed by atoms with van der Waals surface area (Å²) in [6.07, 6.45) is 0.686. The van der Waals surface area contributed by atoms with E-state index in [-0.39, 0.29) is 23.0 Å². The third-order valence-electron chi connectivity index (χ3n) is 2.85. The zero-order valence-electron chi connectivity index (χ0n) is 9.47. The summed E-state index contributed by atoms with van der Waals surface area (Å²) < 4.78 is 5.81. The highest BCUT2D eigenvalue weighted by molar-refractivity contribution is 5.39. The molecule has 16 heavy (non-hydrogen) atoms. The van der Waals surface area contributed by atoms with Crippen LogP contribution in [0.1, 0.15) is 31.7 Å². The van der Waals surface area contributed by atoms with Crippen LogP contribution in [0.25, 0.3) is 0 Å². The number of benzene rings is 1. The van der Waals surface area contributed by atoms with Crippen molar-refractivity contribution in [1.29, 1.82) is 0 Å². The van der Waals surface area contributed by atoms with Gasteiger partial charge in [0.15, 0.2) is 0 Å². The lowest BCUT2D eigenvalue weighted by Gasteiger charge is -2.36. The van der Waals surface area contributed by atoms with Gasteiger partial charge in [-0.3, -0.25) is 10.1 Å². The Labute approximate surface area is 94.4 Å². The average Bonchev–Trinajstić information content (AvgIpc) is 2.14. The fourth-order valence-electron chi connectivity index (χ4n) is 2.30. The van der Waals surface area contributed by atoms with Crippen LogP contribution in [0.2, 0.25) is 0 Å². The first-order chi connectivity index (χ1) is 7.48. The predicted molar refractivity (Wildman–Crippen MR) is 60.4 cm³/mol. The minimum absolute atomic E-state index is 0.0240. The lowest BCUT2D eigenvalue weighted by Crippen LogP contribution is -2.36. The molecule has 4 heteroatoms. The highest BCUT2D eigenvalue weighted by atomic mass is 16.6. The van der Waals surface area contributed by atoms with E-state index in [9.17, 15) is 10.1 Å². The zero-order valence-corrected chi connectivity index (χ0v) is 9.47. The number of fused-ring (bicyclic) bond motifs is 1. The summed E-state index contributed by atoms with van der Waals surface area (Å²) in [5.41, 5.74) is 0.633. The fraction of sp³-hybridized carbons (Fsp3) is 0.500. The maximum atomic E-state index is 10.7. The molecule has 0 bridgehead atoms. The van der Waals surface area contributed by atoms with Crippen molar-refractivity contribution in [3.63, 3.8) is 0 Å². The Morgan fingerprint density at radius 1 is 1.50 bits per heavy atom. The molecule has 0 saturated carbocycles. The predicted octanol–water partition coefficient (Wildman–Crippen LogP) is 2.61. The van der Waals surface area contributed by atoms with E-state index in [0.717, 1.165) is 11.3 Å². The van der Waals surface area contributed by atoms with Gasteiger partial charge in [0.25, 0.3) is 0 Å². The molecule has 1 aliphatic heterocycles. The van der Waals surface area contributed by atoms with Crippen LogP contribution >= 0.6 is 0 Å². The molecule has 0 amide bonds. The van der Waals surface area contributed by atoms with E-state index in [2.05, 4.69) is 0 Å². The second-order valence-corrected chi connectivity index (χ2v) is 4.82. The molecule has 1 aromatic carbocycles. The maximum absolute atomic E-state index is 10.7.